The van der Waals surface area contributed by atoms with Crippen molar-refractivity contribution < 1.29 is 9.59 Å². The number of thiophene rings is 1. The number of rotatable bonds is 4. The van der Waals surface area contributed by atoms with Crippen molar-refractivity contribution >= 4 is 40.5 Å². The molecule has 0 fully saturated rings. The van der Waals surface area contributed by atoms with E-state index in [-0.39, 0.29) is 30.9 Å². The van der Waals surface area contributed by atoms with Crippen molar-refractivity contribution in [1.29, 1.82) is 0 Å². The van der Waals surface area contributed by atoms with E-state index in [4.69, 9.17) is 5.73 Å². The van der Waals surface area contributed by atoms with Crippen molar-refractivity contribution in [1.82, 2.24) is 15.4 Å². The van der Waals surface area contributed by atoms with Crippen LogP contribution in [0.3, 0.4) is 0 Å². The number of nitrogens with zero attached hydrogens (tertiary/aromatic N) is 5. The first-order valence-electron chi connectivity index (χ1n) is 6.38. The largest absolute Gasteiger partial charge is 0.382 e. The molecule has 10 heteroatoms. The zero-order valence-electron chi connectivity index (χ0n) is 11.7. The molecule has 0 atom stereocenters. The summed E-state index contributed by atoms with van der Waals surface area (Å²) in [5.74, 6) is 0.283. The molecule has 0 bridgehead atoms. The lowest BCUT2D eigenvalue weighted by Crippen LogP contribution is -2.54. The summed E-state index contributed by atoms with van der Waals surface area (Å²) in [4.78, 5) is 34.0. The first-order chi connectivity index (χ1) is 10.6. The van der Waals surface area contributed by atoms with Gasteiger partial charge in [-0.25, -0.2) is 15.3 Å². The average molecular weight is 319 g/mol. The number of amidine groups is 2. The van der Waals surface area contributed by atoms with Crippen LogP contribution < -0.4 is 11.3 Å². The number of aliphatic imine (C=N–C) groups is 2. The summed E-state index contributed by atoms with van der Waals surface area (Å²) in [5, 5.41) is 7.08. The third-order valence-electron chi connectivity index (χ3n) is 3.09. The van der Waals surface area contributed by atoms with E-state index in [1.54, 1.807) is 19.2 Å². The van der Waals surface area contributed by atoms with Gasteiger partial charge in [-0.05, 0) is 11.4 Å². The fourth-order valence-electron chi connectivity index (χ4n) is 1.96. The zero-order valence-corrected chi connectivity index (χ0v) is 12.5. The first kappa shape index (κ1) is 14.2. The number of carbonyl (C=O) groups excluding carboxylic acids is 2. The zero-order chi connectivity index (χ0) is 15.7. The molecule has 3 rings (SSSR count). The molecule has 0 unspecified atom stereocenters. The second-order valence-electron chi connectivity index (χ2n) is 4.56. The number of hydrogen-bond donors (Lipinski definition) is 2. The number of hydrazine groups is 1. The number of carbonyl (C=O) groups is 2. The quantitative estimate of drug-likeness (QED) is 0.457. The molecule has 22 heavy (non-hydrogen) atoms. The van der Waals surface area contributed by atoms with Gasteiger partial charge in [-0.1, -0.05) is 6.07 Å². The van der Waals surface area contributed by atoms with Gasteiger partial charge in [0.15, 0.2) is 11.6 Å². The Kier molecular flexibility index (Phi) is 3.59. The summed E-state index contributed by atoms with van der Waals surface area (Å²) in [5.41, 5.74) is 8.74. The van der Waals surface area contributed by atoms with E-state index in [1.165, 1.54) is 21.2 Å². The fourth-order valence-corrected chi connectivity index (χ4v) is 2.62. The lowest BCUT2D eigenvalue weighted by molar-refractivity contribution is 0.101. The van der Waals surface area contributed by atoms with Gasteiger partial charge < -0.3 is 5.73 Å². The molecule has 2 aliphatic rings. The average Bonchev–Trinajstić information content (AvgIpc) is 3.17. The smallest absolute Gasteiger partial charge is 0.346 e. The molecule has 3 heterocycles. The van der Waals surface area contributed by atoms with Gasteiger partial charge in [0, 0.05) is 7.05 Å². The fraction of sp³-hybridized carbons (Fsp3) is 0.250. The Morgan fingerprint density at radius 3 is 3.14 bits per heavy atom. The van der Waals surface area contributed by atoms with Gasteiger partial charge in [0.2, 0.25) is 0 Å². The van der Waals surface area contributed by atoms with Crippen LogP contribution in [0.1, 0.15) is 9.67 Å². The third-order valence-corrected chi connectivity index (χ3v) is 4.00. The Labute approximate surface area is 129 Å². The maximum Gasteiger partial charge on any atom is 0.346 e. The lowest BCUT2D eigenvalue weighted by Gasteiger charge is -2.28. The number of urea groups is 1. The molecule has 0 aliphatic carbocycles. The summed E-state index contributed by atoms with van der Waals surface area (Å²) >= 11 is 1.35. The molecule has 9 nitrogen and oxygen atoms in total. The van der Waals surface area contributed by atoms with Gasteiger partial charge >= 0.3 is 6.03 Å². The van der Waals surface area contributed by atoms with Crippen LogP contribution in [-0.4, -0.2) is 59.4 Å². The maximum absolute atomic E-state index is 11.9. The highest BCUT2D eigenvalue weighted by Crippen LogP contribution is 2.12. The lowest BCUT2D eigenvalue weighted by atomic mass is 10.3. The number of ketones is 1. The molecule has 0 saturated carbocycles. The van der Waals surface area contributed by atoms with E-state index in [0.29, 0.717) is 16.4 Å². The van der Waals surface area contributed by atoms with Crippen LogP contribution in [0.25, 0.3) is 0 Å². The predicted molar refractivity (Wildman–Crippen MR) is 83.0 cm³/mol. The standard InChI is InChI=1S/C12H13N7O2S/c1-18-12(21)19-6-15-9(11(19)16-17-18)10(13)14-5-7(20)8-3-2-4-22-8/h2-4,17H,5-6H2,1H3,(H2,13,14). The molecule has 0 saturated heterocycles. The van der Waals surface area contributed by atoms with Crippen molar-refractivity contribution in [3.05, 3.63) is 22.4 Å². The van der Waals surface area contributed by atoms with Crippen molar-refractivity contribution in [2.45, 2.75) is 0 Å². The minimum atomic E-state index is -0.286. The van der Waals surface area contributed by atoms with Crippen LogP contribution >= 0.6 is 11.3 Å². The molecule has 2 amide bonds. The number of fused-ring (bicyclic) bond motifs is 1. The Bertz CT molecular complexity index is 707. The predicted octanol–water partition coefficient (Wildman–Crippen LogP) is -0.114. The second-order valence-corrected chi connectivity index (χ2v) is 5.50. The number of hydrazone groups is 1. The van der Waals surface area contributed by atoms with E-state index >= 15 is 0 Å². The molecular formula is C12H13N7O2S. The Hall–Kier alpha value is -2.75. The highest BCUT2D eigenvalue weighted by atomic mass is 32.1. The van der Waals surface area contributed by atoms with Crippen molar-refractivity contribution in [2.75, 3.05) is 20.3 Å². The van der Waals surface area contributed by atoms with Crippen LogP contribution in [0, 0.1) is 0 Å². The second kappa shape index (κ2) is 5.56. The Balaban J connectivity index is 1.73. The molecule has 0 aromatic carbocycles. The van der Waals surface area contributed by atoms with Gasteiger partial charge in [-0.3, -0.25) is 19.7 Å². The van der Waals surface area contributed by atoms with E-state index in [9.17, 15) is 9.59 Å². The number of amides is 2. The molecule has 1 aromatic rings. The summed E-state index contributed by atoms with van der Waals surface area (Å²) in [6, 6.07) is 3.25. The van der Waals surface area contributed by atoms with E-state index in [1.807, 2.05) is 5.38 Å². The van der Waals surface area contributed by atoms with Crippen molar-refractivity contribution in [3.63, 3.8) is 0 Å². The third kappa shape index (κ3) is 2.44. The van der Waals surface area contributed by atoms with E-state index in [0.717, 1.165) is 0 Å². The molecule has 1 aromatic heterocycles. The van der Waals surface area contributed by atoms with Crippen LogP contribution in [-0.2, 0) is 0 Å². The maximum atomic E-state index is 11.9. The molecular weight excluding hydrogens is 306 g/mol. The van der Waals surface area contributed by atoms with E-state index < -0.39 is 0 Å². The highest BCUT2D eigenvalue weighted by Gasteiger charge is 2.35. The molecule has 0 radical (unpaired) electrons. The summed E-state index contributed by atoms with van der Waals surface area (Å²) < 4.78 is 0. The van der Waals surface area contributed by atoms with Crippen LogP contribution in [0.4, 0.5) is 4.79 Å². The normalized spacial score (nSPS) is 17.9. The number of nitrogens with one attached hydrogen (secondary N) is 1. The minimum absolute atomic E-state index is 0.0695. The van der Waals surface area contributed by atoms with Crippen LogP contribution in [0.2, 0.25) is 0 Å². The van der Waals surface area contributed by atoms with Crippen molar-refractivity contribution in [2.24, 2.45) is 20.8 Å². The van der Waals surface area contributed by atoms with Crippen LogP contribution in [0.15, 0.2) is 32.6 Å². The Morgan fingerprint density at radius 2 is 2.41 bits per heavy atom. The number of nitrogens with two attached hydrogens (primary N) is 1. The highest BCUT2D eigenvalue weighted by molar-refractivity contribution is 7.12. The van der Waals surface area contributed by atoms with Gasteiger partial charge in [-0.2, -0.15) is 0 Å². The Morgan fingerprint density at radius 1 is 1.59 bits per heavy atom. The first-order valence-corrected chi connectivity index (χ1v) is 7.26. The molecule has 114 valence electrons. The minimum Gasteiger partial charge on any atom is -0.382 e. The van der Waals surface area contributed by atoms with E-state index in [2.05, 4.69) is 20.6 Å². The summed E-state index contributed by atoms with van der Waals surface area (Å²) in [6.07, 6.45) is 0. The van der Waals surface area contributed by atoms with Gasteiger partial charge in [-0.15, -0.1) is 16.4 Å². The van der Waals surface area contributed by atoms with Gasteiger partial charge in [0.05, 0.1) is 4.88 Å². The SMILES string of the molecule is CN1NN=C2C(C(N)=NCC(=O)c3cccs3)=NCN2C1=O. The molecule has 2 aliphatic heterocycles. The van der Waals surface area contributed by atoms with Gasteiger partial charge in [0.1, 0.15) is 24.8 Å². The molecule has 0 spiro atoms. The summed E-state index contributed by atoms with van der Waals surface area (Å²) in [6.45, 7) is 0.0635. The monoisotopic (exact) mass is 319 g/mol. The summed E-state index contributed by atoms with van der Waals surface area (Å²) in [7, 11) is 1.55. The number of hydrogen-bond acceptors (Lipinski definition) is 7. The number of Topliss-reactive ketones (excluding diaryl/α,β-unsaturated/α-hetero) is 1. The topological polar surface area (TPSA) is 116 Å². The molecule has 3 N–H and O–H groups in total. The van der Waals surface area contributed by atoms with Crippen LogP contribution in [0.5, 0.6) is 0 Å². The van der Waals surface area contributed by atoms with Crippen molar-refractivity contribution in [3.8, 4) is 0 Å². The van der Waals surface area contributed by atoms with Gasteiger partial charge in [0.25, 0.3) is 0 Å².